The van der Waals surface area contributed by atoms with Gasteiger partial charge in [0.2, 0.25) is 0 Å². The highest BCUT2D eigenvalue weighted by Crippen LogP contribution is 2.18. The molecule has 16 heavy (non-hydrogen) atoms. The minimum Gasteiger partial charge on any atom is -0.312 e. The molecule has 1 fully saturated rings. The molecule has 88 valence electrons. The maximum absolute atomic E-state index is 13.1. The summed E-state index contributed by atoms with van der Waals surface area (Å²) in [5.41, 5.74) is 1.15. The van der Waals surface area contributed by atoms with Gasteiger partial charge in [-0.15, -0.1) is 0 Å². The first-order valence-corrected chi connectivity index (χ1v) is 6.34. The van der Waals surface area contributed by atoms with Crippen LogP contribution in [0.1, 0.15) is 12.5 Å². The number of nitrogens with zero attached hydrogens (tertiary/aromatic N) is 1. The van der Waals surface area contributed by atoms with E-state index in [0.717, 1.165) is 31.7 Å². The lowest BCUT2D eigenvalue weighted by Gasteiger charge is -2.31. The zero-order valence-corrected chi connectivity index (χ0v) is 10.9. The van der Waals surface area contributed by atoms with Gasteiger partial charge in [-0.05, 0) is 40.5 Å². The van der Waals surface area contributed by atoms with Gasteiger partial charge in [0, 0.05) is 32.2 Å². The van der Waals surface area contributed by atoms with E-state index in [9.17, 15) is 4.39 Å². The van der Waals surface area contributed by atoms with E-state index < -0.39 is 0 Å². The van der Waals surface area contributed by atoms with Gasteiger partial charge in [0.25, 0.3) is 0 Å². The Hall–Kier alpha value is -0.450. The zero-order valence-electron chi connectivity index (χ0n) is 9.34. The topological polar surface area (TPSA) is 15.3 Å². The van der Waals surface area contributed by atoms with Gasteiger partial charge in [0.1, 0.15) is 5.82 Å². The molecule has 1 aliphatic heterocycles. The highest BCUT2D eigenvalue weighted by Gasteiger charge is 2.15. The second kappa shape index (κ2) is 5.25. The predicted molar refractivity (Wildman–Crippen MR) is 66.8 cm³/mol. The molecule has 1 N–H and O–H groups in total. The van der Waals surface area contributed by atoms with E-state index in [4.69, 9.17) is 0 Å². The van der Waals surface area contributed by atoms with Crippen LogP contribution in [0.3, 0.4) is 0 Å². The van der Waals surface area contributed by atoms with E-state index in [-0.39, 0.29) is 5.82 Å². The molecular formula is C12H16BrFN2. The summed E-state index contributed by atoms with van der Waals surface area (Å²) in [4.78, 5) is 2.39. The standard InChI is InChI=1S/C12H16BrFN2/c1-9-7-16(5-4-15-9)8-10-2-3-12(14)11(13)6-10/h2-3,6,9,15H,4-5,7-8H2,1H3. The van der Waals surface area contributed by atoms with Crippen LogP contribution < -0.4 is 5.32 Å². The Labute approximate surface area is 104 Å². The van der Waals surface area contributed by atoms with Crippen LogP contribution in [0.25, 0.3) is 0 Å². The molecule has 0 amide bonds. The summed E-state index contributed by atoms with van der Waals surface area (Å²) in [6.45, 7) is 6.22. The normalized spacial score (nSPS) is 22.3. The summed E-state index contributed by atoms with van der Waals surface area (Å²) in [7, 11) is 0. The number of halogens is 2. The quantitative estimate of drug-likeness (QED) is 0.898. The van der Waals surface area contributed by atoms with Crippen LogP contribution in [0.4, 0.5) is 4.39 Å². The molecule has 0 radical (unpaired) electrons. The molecule has 0 spiro atoms. The second-order valence-corrected chi connectivity index (χ2v) is 5.19. The first kappa shape index (κ1) is 12.0. The lowest BCUT2D eigenvalue weighted by Crippen LogP contribution is -2.48. The predicted octanol–water partition coefficient (Wildman–Crippen LogP) is 2.38. The lowest BCUT2D eigenvalue weighted by molar-refractivity contribution is 0.199. The molecule has 0 aliphatic carbocycles. The van der Waals surface area contributed by atoms with Crippen LogP contribution in [-0.4, -0.2) is 30.6 Å². The van der Waals surface area contributed by atoms with Gasteiger partial charge in [-0.1, -0.05) is 6.07 Å². The molecule has 1 heterocycles. The van der Waals surface area contributed by atoms with E-state index in [2.05, 4.69) is 33.1 Å². The number of hydrogen-bond acceptors (Lipinski definition) is 2. The Morgan fingerprint density at radius 2 is 2.38 bits per heavy atom. The summed E-state index contributed by atoms with van der Waals surface area (Å²) >= 11 is 3.22. The molecule has 1 aliphatic rings. The van der Waals surface area contributed by atoms with Crippen molar-refractivity contribution in [1.29, 1.82) is 0 Å². The minimum atomic E-state index is -0.197. The van der Waals surface area contributed by atoms with Crippen LogP contribution in [0, 0.1) is 5.82 Å². The summed E-state index contributed by atoms with van der Waals surface area (Å²) in [5.74, 6) is -0.197. The van der Waals surface area contributed by atoms with Crippen molar-refractivity contribution in [2.24, 2.45) is 0 Å². The molecular weight excluding hydrogens is 271 g/mol. The monoisotopic (exact) mass is 286 g/mol. The Bertz CT molecular complexity index is 370. The highest BCUT2D eigenvalue weighted by atomic mass is 79.9. The van der Waals surface area contributed by atoms with Crippen LogP contribution in [0.15, 0.2) is 22.7 Å². The molecule has 0 bridgehead atoms. The summed E-state index contributed by atoms with van der Waals surface area (Å²) in [6.07, 6.45) is 0. The van der Waals surface area contributed by atoms with Crippen molar-refractivity contribution >= 4 is 15.9 Å². The molecule has 2 rings (SSSR count). The van der Waals surface area contributed by atoms with Crippen molar-refractivity contribution < 1.29 is 4.39 Å². The third kappa shape index (κ3) is 3.03. The number of piperazine rings is 1. The summed E-state index contributed by atoms with van der Waals surface area (Å²) in [5, 5.41) is 3.41. The van der Waals surface area contributed by atoms with Crippen molar-refractivity contribution in [3.05, 3.63) is 34.1 Å². The van der Waals surface area contributed by atoms with Crippen LogP contribution >= 0.6 is 15.9 Å². The molecule has 1 aromatic carbocycles. The first-order valence-electron chi connectivity index (χ1n) is 5.55. The molecule has 0 saturated carbocycles. The fourth-order valence-electron chi connectivity index (χ4n) is 2.05. The molecule has 1 aromatic rings. The first-order chi connectivity index (χ1) is 7.65. The van der Waals surface area contributed by atoms with E-state index in [1.54, 1.807) is 0 Å². The summed E-state index contributed by atoms with van der Waals surface area (Å²) in [6, 6.07) is 5.78. The van der Waals surface area contributed by atoms with Gasteiger partial charge >= 0.3 is 0 Å². The lowest BCUT2D eigenvalue weighted by atomic mass is 10.1. The van der Waals surface area contributed by atoms with Crippen molar-refractivity contribution in [3.8, 4) is 0 Å². The van der Waals surface area contributed by atoms with Crippen molar-refractivity contribution in [2.45, 2.75) is 19.5 Å². The number of benzene rings is 1. The SMILES string of the molecule is CC1CN(Cc2ccc(F)c(Br)c2)CCN1. The fraction of sp³-hybridized carbons (Fsp3) is 0.500. The van der Waals surface area contributed by atoms with Gasteiger partial charge in [0.05, 0.1) is 4.47 Å². The van der Waals surface area contributed by atoms with Gasteiger partial charge in [-0.25, -0.2) is 4.39 Å². The number of nitrogens with one attached hydrogen (secondary N) is 1. The maximum Gasteiger partial charge on any atom is 0.137 e. The minimum absolute atomic E-state index is 0.197. The molecule has 4 heteroatoms. The van der Waals surface area contributed by atoms with Crippen molar-refractivity contribution in [1.82, 2.24) is 10.2 Å². The Morgan fingerprint density at radius 1 is 1.56 bits per heavy atom. The van der Waals surface area contributed by atoms with Crippen LogP contribution in [0.5, 0.6) is 0 Å². The molecule has 1 saturated heterocycles. The molecule has 1 unspecified atom stereocenters. The third-order valence-electron chi connectivity index (χ3n) is 2.84. The van der Waals surface area contributed by atoms with Crippen LogP contribution in [0.2, 0.25) is 0 Å². The largest absolute Gasteiger partial charge is 0.312 e. The Kier molecular flexibility index (Phi) is 3.95. The van der Waals surface area contributed by atoms with Crippen LogP contribution in [-0.2, 0) is 6.54 Å². The molecule has 2 nitrogen and oxygen atoms in total. The Balaban J connectivity index is 2.00. The summed E-state index contributed by atoms with van der Waals surface area (Å²) < 4.78 is 13.6. The van der Waals surface area contributed by atoms with E-state index >= 15 is 0 Å². The smallest absolute Gasteiger partial charge is 0.137 e. The molecule has 0 aromatic heterocycles. The zero-order chi connectivity index (χ0) is 11.5. The number of rotatable bonds is 2. The number of hydrogen-bond donors (Lipinski definition) is 1. The molecule has 1 atom stereocenters. The maximum atomic E-state index is 13.1. The third-order valence-corrected chi connectivity index (χ3v) is 3.45. The van der Waals surface area contributed by atoms with E-state index in [0.29, 0.717) is 10.5 Å². The van der Waals surface area contributed by atoms with Crippen molar-refractivity contribution in [3.63, 3.8) is 0 Å². The average molecular weight is 287 g/mol. The van der Waals surface area contributed by atoms with Gasteiger partial charge in [0.15, 0.2) is 0 Å². The fourth-order valence-corrected chi connectivity index (χ4v) is 2.48. The average Bonchev–Trinajstić information content (AvgIpc) is 2.24. The van der Waals surface area contributed by atoms with Gasteiger partial charge < -0.3 is 5.32 Å². The highest BCUT2D eigenvalue weighted by molar-refractivity contribution is 9.10. The second-order valence-electron chi connectivity index (χ2n) is 4.34. The Morgan fingerprint density at radius 3 is 3.06 bits per heavy atom. The van der Waals surface area contributed by atoms with Gasteiger partial charge in [-0.2, -0.15) is 0 Å². The van der Waals surface area contributed by atoms with Crippen molar-refractivity contribution in [2.75, 3.05) is 19.6 Å². The van der Waals surface area contributed by atoms with Gasteiger partial charge in [-0.3, -0.25) is 4.90 Å². The van der Waals surface area contributed by atoms with E-state index in [1.807, 2.05) is 12.1 Å². The van der Waals surface area contributed by atoms with E-state index in [1.165, 1.54) is 6.07 Å².